The largest absolute Gasteiger partial charge is 0.366 e. The maximum Gasteiger partial charge on any atom is 0.251 e. The van der Waals surface area contributed by atoms with Gasteiger partial charge >= 0.3 is 0 Å². The molecule has 0 saturated carbocycles. The van der Waals surface area contributed by atoms with Crippen molar-refractivity contribution in [2.75, 3.05) is 5.32 Å². The van der Waals surface area contributed by atoms with Crippen LogP contribution in [0.15, 0.2) is 18.2 Å². The van der Waals surface area contributed by atoms with Gasteiger partial charge in [0.15, 0.2) is 0 Å². The number of primary amides is 1. The molecule has 0 aliphatic heterocycles. The number of nitrogens with one attached hydrogen (secondary N) is 1. The van der Waals surface area contributed by atoms with Crippen molar-refractivity contribution in [2.45, 2.75) is 27.2 Å². The Balaban J connectivity index is 2.83. The first kappa shape index (κ1) is 14.2. The smallest absolute Gasteiger partial charge is 0.251 e. The molecule has 0 saturated heterocycles. The van der Waals surface area contributed by atoms with Gasteiger partial charge in [-0.25, -0.2) is 4.39 Å². The monoisotopic (exact) mass is 252 g/mol. The topological polar surface area (TPSA) is 72.2 Å². The Labute approximate surface area is 105 Å². The third-order valence-corrected chi connectivity index (χ3v) is 2.21. The van der Waals surface area contributed by atoms with Crippen LogP contribution in [-0.2, 0) is 4.79 Å². The third-order valence-electron chi connectivity index (χ3n) is 2.21. The predicted molar refractivity (Wildman–Crippen MR) is 67.6 cm³/mol. The van der Waals surface area contributed by atoms with E-state index in [1.807, 2.05) is 20.8 Å². The molecule has 1 aromatic rings. The van der Waals surface area contributed by atoms with Crippen LogP contribution in [0.5, 0.6) is 0 Å². The van der Waals surface area contributed by atoms with E-state index < -0.39 is 11.7 Å². The van der Waals surface area contributed by atoms with Crippen molar-refractivity contribution >= 4 is 17.5 Å². The second-order valence-corrected chi connectivity index (χ2v) is 5.34. The Morgan fingerprint density at radius 1 is 1.33 bits per heavy atom. The molecule has 0 heterocycles. The fourth-order valence-electron chi connectivity index (χ4n) is 1.48. The van der Waals surface area contributed by atoms with Gasteiger partial charge in [0.05, 0.1) is 5.56 Å². The van der Waals surface area contributed by atoms with Crippen molar-refractivity contribution in [3.8, 4) is 0 Å². The Hall–Kier alpha value is -1.91. The summed E-state index contributed by atoms with van der Waals surface area (Å²) in [7, 11) is 0. The van der Waals surface area contributed by atoms with E-state index in [4.69, 9.17) is 5.73 Å². The molecule has 18 heavy (non-hydrogen) atoms. The SMILES string of the molecule is CC(C)(C)CC(=O)Nc1ccc(F)c(C(N)=O)c1. The highest BCUT2D eigenvalue weighted by atomic mass is 19.1. The van der Waals surface area contributed by atoms with Gasteiger partial charge in [0, 0.05) is 12.1 Å². The molecule has 0 aliphatic carbocycles. The van der Waals surface area contributed by atoms with E-state index >= 15 is 0 Å². The number of benzene rings is 1. The van der Waals surface area contributed by atoms with Gasteiger partial charge in [-0.15, -0.1) is 0 Å². The molecule has 0 bridgehead atoms. The zero-order valence-corrected chi connectivity index (χ0v) is 10.7. The number of carbonyl (C=O) groups is 2. The van der Waals surface area contributed by atoms with Crippen LogP contribution in [0.25, 0.3) is 0 Å². The summed E-state index contributed by atoms with van der Waals surface area (Å²) in [6.45, 7) is 5.81. The van der Waals surface area contributed by atoms with Crippen molar-refractivity contribution in [2.24, 2.45) is 11.1 Å². The number of carbonyl (C=O) groups excluding carboxylic acids is 2. The van der Waals surface area contributed by atoms with Crippen LogP contribution in [0.4, 0.5) is 10.1 Å². The molecule has 0 unspecified atom stereocenters. The molecule has 4 nitrogen and oxygen atoms in total. The third kappa shape index (κ3) is 4.16. The Bertz CT molecular complexity index is 478. The molecule has 0 fully saturated rings. The summed E-state index contributed by atoms with van der Waals surface area (Å²) in [5.74, 6) is -1.75. The molecule has 0 aliphatic rings. The second kappa shape index (κ2) is 5.16. The Morgan fingerprint density at radius 3 is 2.44 bits per heavy atom. The van der Waals surface area contributed by atoms with E-state index in [9.17, 15) is 14.0 Å². The molecule has 5 heteroatoms. The quantitative estimate of drug-likeness (QED) is 0.866. The number of anilines is 1. The summed E-state index contributed by atoms with van der Waals surface area (Å²) in [6, 6.07) is 3.73. The summed E-state index contributed by atoms with van der Waals surface area (Å²) in [5, 5.41) is 2.61. The van der Waals surface area contributed by atoms with E-state index in [2.05, 4.69) is 5.32 Å². The van der Waals surface area contributed by atoms with Crippen molar-refractivity contribution in [1.29, 1.82) is 0 Å². The molecule has 3 N–H and O–H groups in total. The molecular formula is C13H17FN2O2. The second-order valence-electron chi connectivity index (χ2n) is 5.34. The highest BCUT2D eigenvalue weighted by Crippen LogP contribution is 2.20. The van der Waals surface area contributed by atoms with E-state index in [1.165, 1.54) is 12.1 Å². The van der Waals surface area contributed by atoms with Crippen molar-refractivity contribution < 1.29 is 14.0 Å². The Kier molecular flexibility index (Phi) is 4.06. The minimum absolute atomic E-state index is 0.142. The normalized spacial score (nSPS) is 11.1. The first-order valence-corrected chi connectivity index (χ1v) is 5.58. The van der Waals surface area contributed by atoms with Gasteiger partial charge < -0.3 is 11.1 Å². The number of nitrogens with two attached hydrogens (primary N) is 1. The van der Waals surface area contributed by atoms with Crippen LogP contribution in [0.2, 0.25) is 0 Å². The minimum Gasteiger partial charge on any atom is -0.366 e. The van der Waals surface area contributed by atoms with Crippen molar-refractivity contribution in [1.82, 2.24) is 0 Å². The molecule has 98 valence electrons. The molecule has 0 radical (unpaired) electrons. The van der Waals surface area contributed by atoms with Crippen molar-refractivity contribution in [3.63, 3.8) is 0 Å². The predicted octanol–water partition coefficient (Wildman–Crippen LogP) is 2.30. The molecule has 1 aromatic carbocycles. The highest BCUT2D eigenvalue weighted by Gasteiger charge is 2.16. The average Bonchev–Trinajstić information content (AvgIpc) is 2.17. The van der Waals surface area contributed by atoms with Gasteiger partial charge in [-0.05, 0) is 23.6 Å². The standard InChI is InChI=1S/C13H17FN2O2/c1-13(2,3)7-11(17)16-8-4-5-10(14)9(6-8)12(15)18/h4-6H,7H2,1-3H3,(H2,15,18)(H,16,17). The fourth-order valence-corrected chi connectivity index (χ4v) is 1.48. The summed E-state index contributed by atoms with van der Waals surface area (Å²) < 4.78 is 13.2. The van der Waals surface area contributed by atoms with Crippen LogP contribution in [0, 0.1) is 11.2 Å². The zero-order valence-electron chi connectivity index (χ0n) is 10.7. The number of rotatable bonds is 3. The highest BCUT2D eigenvalue weighted by molar-refractivity contribution is 5.96. The van der Waals surface area contributed by atoms with Crippen LogP contribution >= 0.6 is 0 Å². The van der Waals surface area contributed by atoms with Crippen LogP contribution in [-0.4, -0.2) is 11.8 Å². The maximum absolute atomic E-state index is 13.2. The lowest BCUT2D eigenvalue weighted by Crippen LogP contribution is -2.20. The Morgan fingerprint density at radius 2 is 1.94 bits per heavy atom. The van der Waals surface area contributed by atoms with Crippen LogP contribution in [0.3, 0.4) is 0 Å². The molecular weight excluding hydrogens is 235 g/mol. The number of amides is 2. The number of hydrogen-bond acceptors (Lipinski definition) is 2. The fraction of sp³-hybridized carbons (Fsp3) is 0.385. The van der Waals surface area contributed by atoms with E-state index in [0.717, 1.165) is 6.07 Å². The minimum atomic E-state index is -0.862. The molecule has 0 spiro atoms. The van der Waals surface area contributed by atoms with Gasteiger partial charge in [-0.3, -0.25) is 9.59 Å². The van der Waals surface area contributed by atoms with E-state index in [0.29, 0.717) is 12.1 Å². The van der Waals surface area contributed by atoms with Crippen LogP contribution < -0.4 is 11.1 Å². The van der Waals surface area contributed by atoms with Crippen molar-refractivity contribution in [3.05, 3.63) is 29.6 Å². The maximum atomic E-state index is 13.2. The lowest BCUT2D eigenvalue weighted by molar-refractivity contribution is -0.117. The lowest BCUT2D eigenvalue weighted by Gasteiger charge is -2.17. The molecule has 1 rings (SSSR count). The number of halogens is 1. The van der Waals surface area contributed by atoms with Crippen LogP contribution in [0.1, 0.15) is 37.6 Å². The summed E-state index contributed by atoms with van der Waals surface area (Å²) in [4.78, 5) is 22.6. The molecule has 2 amide bonds. The number of hydrogen-bond donors (Lipinski definition) is 2. The average molecular weight is 252 g/mol. The van der Waals surface area contributed by atoms with E-state index in [-0.39, 0.29) is 16.9 Å². The van der Waals surface area contributed by atoms with Gasteiger partial charge in [0.1, 0.15) is 5.82 Å². The van der Waals surface area contributed by atoms with Gasteiger partial charge in [-0.1, -0.05) is 20.8 Å². The summed E-state index contributed by atoms with van der Waals surface area (Å²) >= 11 is 0. The molecule has 0 aromatic heterocycles. The first-order chi connectivity index (χ1) is 8.19. The van der Waals surface area contributed by atoms with Gasteiger partial charge in [0.2, 0.25) is 5.91 Å². The molecule has 0 atom stereocenters. The van der Waals surface area contributed by atoms with Gasteiger partial charge in [-0.2, -0.15) is 0 Å². The lowest BCUT2D eigenvalue weighted by atomic mass is 9.92. The zero-order chi connectivity index (χ0) is 13.9. The summed E-state index contributed by atoms with van der Waals surface area (Å²) in [6.07, 6.45) is 0.330. The summed E-state index contributed by atoms with van der Waals surface area (Å²) in [5.41, 5.74) is 5.01. The van der Waals surface area contributed by atoms with Gasteiger partial charge in [0.25, 0.3) is 5.91 Å². The first-order valence-electron chi connectivity index (χ1n) is 5.58. The van der Waals surface area contributed by atoms with E-state index in [1.54, 1.807) is 0 Å².